The van der Waals surface area contributed by atoms with Crippen LogP contribution < -0.4 is 10.5 Å². The van der Waals surface area contributed by atoms with E-state index in [2.05, 4.69) is 0 Å². The van der Waals surface area contributed by atoms with E-state index in [0.29, 0.717) is 24.5 Å². The molecule has 0 saturated carbocycles. The van der Waals surface area contributed by atoms with Gasteiger partial charge in [-0.2, -0.15) is 0 Å². The van der Waals surface area contributed by atoms with Crippen molar-refractivity contribution in [3.63, 3.8) is 0 Å². The summed E-state index contributed by atoms with van der Waals surface area (Å²) >= 11 is 0. The van der Waals surface area contributed by atoms with Crippen LogP contribution >= 0.6 is 0 Å². The number of para-hydroxylation sites is 1. The monoisotopic (exact) mass is 211 g/mol. The standard InChI is InChI=1S/C12H18FNO/c1-12(2,13)10-6-3-4-7-11(10)15-9-5-8-14/h3-4,6-7H,5,8-9,14H2,1-2H3. The molecule has 0 bridgehead atoms. The number of halogens is 1. The van der Waals surface area contributed by atoms with Crippen LogP contribution in [-0.4, -0.2) is 13.2 Å². The van der Waals surface area contributed by atoms with Crippen molar-refractivity contribution in [1.82, 2.24) is 0 Å². The van der Waals surface area contributed by atoms with Gasteiger partial charge in [-0.3, -0.25) is 0 Å². The van der Waals surface area contributed by atoms with Crippen molar-refractivity contribution in [2.75, 3.05) is 13.2 Å². The normalized spacial score (nSPS) is 11.5. The zero-order valence-electron chi connectivity index (χ0n) is 9.29. The lowest BCUT2D eigenvalue weighted by molar-refractivity contribution is 0.207. The molecule has 1 aromatic carbocycles. The van der Waals surface area contributed by atoms with Gasteiger partial charge < -0.3 is 10.5 Å². The molecule has 0 spiro atoms. The molecule has 84 valence electrons. The second-order valence-electron chi connectivity index (χ2n) is 3.96. The van der Waals surface area contributed by atoms with Crippen LogP contribution in [-0.2, 0) is 5.67 Å². The predicted molar refractivity (Wildman–Crippen MR) is 59.7 cm³/mol. The van der Waals surface area contributed by atoms with Crippen LogP contribution in [0.3, 0.4) is 0 Å². The molecule has 1 aromatic rings. The van der Waals surface area contributed by atoms with Gasteiger partial charge in [-0.1, -0.05) is 18.2 Å². The van der Waals surface area contributed by atoms with E-state index in [1.54, 1.807) is 12.1 Å². The molecule has 3 heteroatoms. The van der Waals surface area contributed by atoms with Gasteiger partial charge in [-0.05, 0) is 32.9 Å². The molecule has 0 aliphatic heterocycles. The second kappa shape index (κ2) is 5.12. The molecule has 0 unspecified atom stereocenters. The van der Waals surface area contributed by atoms with Gasteiger partial charge in [-0.15, -0.1) is 0 Å². The van der Waals surface area contributed by atoms with E-state index >= 15 is 0 Å². The summed E-state index contributed by atoms with van der Waals surface area (Å²) in [6.07, 6.45) is 0.779. The molecule has 0 aromatic heterocycles. The molecule has 0 amide bonds. The molecule has 0 radical (unpaired) electrons. The first-order valence-electron chi connectivity index (χ1n) is 5.17. The molecule has 0 atom stereocenters. The molecular formula is C12H18FNO. The van der Waals surface area contributed by atoms with Crippen LogP contribution in [0.15, 0.2) is 24.3 Å². The first-order chi connectivity index (χ1) is 7.05. The fourth-order valence-electron chi connectivity index (χ4n) is 1.35. The number of ether oxygens (including phenoxy) is 1. The Labute approximate surface area is 90.2 Å². The Morgan fingerprint density at radius 3 is 2.60 bits per heavy atom. The first-order valence-corrected chi connectivity index (χ1v) is 5.17. The molecular weight excluding hydrogens is 193 g/mol. The van der Waals surface area contributed by atoms with E-state index in [-0.39, 0.29) is 0 Å². The highest BCUT2D eigenvalue weighted by molar-refractivity contribution is 5.37. The van der Waals surface area contributed by atoms with Gasteiger partial charge in [0, 0.05) is 5.56 Å². The summed E-state index contributed by atoms with van der Waals surface area (Å²) in [4.78, 5) is 0. The molecule has 15 heavy (non-hydrogen) atoms. The van der Waals surface area contributed by atoms with Crippen LogP contribution in [0, 0.1) is 0 Å². The average molecular weight is 211 g/mol. The molecule has 0 saturated heterocycles. The van der Waals surface area contributed by atoms with Crippen molar-refractivity contribution in [3.8, 4) is 5.75 Å². The topological polar surface area (TPSA) is 35.2 Å². The van der Waals surface area contributed by atoms with Crippen LogP contribution in [0.5, 0.6) is 5.75 Å². The minimum absolute atomic E-state index is 0.531. The molecule has 1 rings (SSSR count). The number of nitrogens with two attached hydrogens (primary N) is 1. The second-order valence-corrected chi connectivity index (χ2v) is 3.96. The maximum absolute atomic E-state index is 13.8. The lowest BCUT2D eigenvalue weighted by atomic mass is 9.99. The lowest BCUT2D eigenvalue weighted by Crippen LogP contribution is -2.13. The average Bonchev–Trinajstić information content (AvgIpc) is 2.17. The summed E-state index contributed by atoms with van der Waals surface area (Å²) in [6, 6.07) is 7.18. The van der Waals surface area contributed by atoms with Crippen molar-refractivity contribution in [2.45, 2.75) is 25.9 Å². The highest BCUT2D eigenvalue weighted by Gasteiger charge is 2.22. The van der Waals surface area contributed by atoms with Gasteiger partial charge in [0.25, 0.3) is 0 Å². The van der Waals surface area contributed by atoms with Crippen molar-refractivity contribution in [3.05, 3.63) is 29.8 Å². The fourth-order valence-corrected chi connectivity index (χ4v) is 1.35. The summed E-state index contributed by atoms with van der Waals surface area (Å²) in [5, 5.41) is 0. The third-order valence-corrected chi connectivity index (χ3v) is 2.13. The quantitative estimate of drug-likeness (QED) is 0.760. The van der Waals surface area contributed by atoms with Gasteiger partial charge in [0.1, 0.15) is 11.4 Å². The van der Waals surface area contributed by atoms with E-state index in [1.807, 2.05) is 12.1 Å². The lowest BCUT2D eigenvalue weighted by Gasteiger charge is -2.19. The summed E-state index contributed by atoms with van der Waals surface area (Å²) in [7, 11) is 0. The smallest absolute Gasteiger partial charge is 0.134 e. The van der Waals surface area contributed by atoms with Crippen molar-refractivity contribution in [1.29, 1.82) is 0 Å². The molecule has 0 aliphatic carbocycles. The third kappa shape index (κ3) is 3.51. The SMILES string of the molecule is CC(C)(F)c1ccccc1OCCCN. The number of hydrogen-bond acceptors (Lipinski definition) is 2. The molecule has 2 N–H and O–H groups in total. The number of hydrogen-bond donors (Lipinski definition) is 1. The summed E-state index contributed by atoms with van der Waals surface area (Å²) in [5.74, 6) is 0.610. The van der Waals surface area contributed by atoms with Crippen LogP contribution in [0.4, 0.5) is 4.39 Å². The summed E-state index contributed by atoms with van der Waals surface area (Å²) in [6.45, 7) is 4.17. The Balaban J connectivity index is 2.78. The Kier molecular flexibility index (Phi) is 4.09. The van der Waals surface area contributed by atoms with Gasteiger partial charge in [0.2, 0.25) is 0 Å². The Bertz CT molecular complexity index is 307. The maximum atomic E-state index is 13.8. The number of benzene rings is 1. The molecule has 0 aliphatic rings. The van der Waals surface area contributed by atoms with Gasteiger partial charge in [0.05, 0.1) is 6.61 Å². The minimum Gasteiger partial charge on any atom is -0.493 e. The van der Waals surface area contributed by atoms with E-state index in [1.165, 1.54) is 13.8 Å². The van der Waals surface area contributed by atoms with Crippen molar-refractivity contribution in [2.24, 2.45) is 5.73 Å². The largest absolute Gasteiger partial charge is 0.493 e. The highest BCUT2D eigenvalue weighted by atomic mass is 19.1. The van der Waals surface area contributed by atoms with Gasteiger partial charge in [-0.25, -0.2) is 4.39 Å². The highest BCUT2D eigenvalue weighted by Crippen LogP contribution is 2.32. The van der Waals surface area contributed by atoms with E-state index < -0.39 is 5.67 Å². The van der Waals surface area contributed by atoms with Crippen LogP contribution in [0.25, 0.3) is 0 Å². The fraction of sp³-hybridized carbons (Fsp3) is 0.500. The van der Waals surface area contributed by atoms with Crippen LogP contribution in [0.1, 0.15) is 25.8 Å². The molecule has 0 fully saturated rings. The van der Waals surface area contributed by atoms with E-state index in [4.69, 9.17) is 10.5 Å². The minimum atomic E-state index is -1.38. The van der Waals surface area contributed by atoms with E-state index in [9.17, 15) is 4.39 Å². The zero-order chi connectivity index (χ0) is 11.3. The molecule has 2 nitrogen and oxygen atoms in total. The van der Waals surface area contributed by atoms with Crippen LogP contribution in [0.2, 0.25) is 0 Å². The molecule has 0 heterocycles. The maximum Gasteiger partial charge on any atom is 0.134 e. The Hall–Kier alpha value is -1.09. The van der Waals surface area contributed by atoms with E-state index in [0.717, 1.165) is 6.42 Å². The summed E-state index contributed by atoms with van der Waals surface area (Å²) < 4.78 is 19.3. The van der Waals surface area contributed by atoms with Crippen molar-refractivity contribution < 1.29 is 9.13 Å². The van der Waals surface area contributed by atoms with Gasteiger partial charge in [0.15, 0.2) is 0 Å². The summed E-state index contributed by atoms with van der Waals surface area (Å²) in [5.41, 5.74) is 4.57. The number of rotatable bonds is 5. The first kappa shape index (κ1) is 12.0. The third-order valence-electron chi connectivity index (χ3n) is 2.13. The van der Waals surface area contributed by atoms with Crippen molar-refractivity contribution >= 4 is 0 Å². The number of alkyl halides is 1. The Morgan fingerprint density at radius 2 is 2.00 bits per heavy atom. The Morgan fingerprint density at radius 1 is 1.33 bits per heavy atom. The zero-order valence-corrected chi connectivity index (χ0v) is 9.29. The van der Waals surface area contributed by atoms with Gasteiger partial charge >= 0.3 is 0 Å². The predicted octanol–water partition coefficient (Wildman–Crippen LogP) is 2.62.